The SMILES string of the molecule is CC(C(=O)O)N1C(=O)CN(C)c2cc(Br)ccc21. The lowest BCUT2D eigenvalue weighted by Crippen LogP contribution is -2.51. The van der Waals surface area contributed by atoms with Crippen LogP contribution in [0.1, 0.15) is 6.92 Å². The molecule has 1 N–H and O–H groups in total. The average Bonchev–Trinajstić information content (AvgIpc) is 2.29. The summed E-state index contributed by atoms with van der Waals surface area (Å²) in [4.78, 5) is 26.2. The zero-order valence-electron chi connectivity index (χ0n) is 10.1. The number of benzene rings is 1. The summed E-state index contributed by atoms with van der Waals surface area (Å²) in [6.07, 6.45) is 0. The van der Waals surface area contributed by atoms with Crippen LogP contribution in [0.5, 0.6) is 0 Å². The van der Waals surface area contributed by atoms with Crippen molar-refractivity contribution in [3.63, 3.8) is 0 Å². The van der Waals surface area contributed by atoms with Crippen molar-refractivity contribution < 1.29 is 14.7 Å². The van der Waals surface area contributed by atoms with Gasteiger partial charge >= 0.3 is 5.97 Å². The van der Waals surface area contributed by atoms with Crippen LogP contribution in [0.4, 0.5) is 11.4 Å². The second-order valence-corrected chi connectivity index (χ2v) is 5.18. The molecule has 1 heterocycles. The van der Waals surface area contributed by atoms with Crippen molar-refractivity contribution in [2.75, 3.05) is 23.4 Å². The summed E-state index contributed by atoms with van der Waals surface area (Å²) in [5.74, 6) is -1.22. The van der Waals surface area contributed by atoms with E-state index in [0.717, 1.165) is 10.2 Å². The molecule has 0 bridgehead atoms. The van der Waals surface area contributed by atoms with Crippen molar-refractivity contribution in [3.05, 3.63) is 22.7 Å². The molecule has 0 saturated heterocycles. The first-order valence-corrected chi connectivity index (χ1v) is 6.26. The molecule has 0 radical (unpaired) electrons. The molecule has 1 amide bonds. The number of carboxylic acids is 1. The van der Waals surface area contributed by atoms with Crippen molar-refractivity contribution in [1.29, 1.82) is 0 Å². The number of carbonyl (C=O) groups is 2. The molecule has 0 aliphatic carbocycles. The van der Waals surface area contributed by atoms with E-state index in [1.165, 1.54) is 11.8 Å². The molecule has 0 aromatic heterocycles. The van der Waals surface area contributed by atoms with Gasteiger partial charge in [0.25, 0.3) is 0 Å². The molecule has 1 atom stereocenters. The van der Waals surface area contributed by atoms with E-state index in [9.17, 15) is 9.59 Å². The number of carboxylic acid groups (broad SMARTS) is 1. The van der Waals surface area contributed by atoms with Crippen molar-refractivity contribution in [2.45, 2.75) is 13.0 Å². The minimum absolute atomic E-state index is 0.182. The molecule has 1 aromatic rings. The quantitative estimate of drug-likeness (QED) is 0.903. The van der Waals surface area contributed by atoms with Crippen LogP contribution < -0.4 is 9.80 Å². The Kier molecular flexibility index (Phi) is 3.30. The highest BCUT2D eigenvalue weighted by Crippen LogP contribution is 2.36. The van der Waals surface area contributed by atoms with Gasteiger partial charge < -0.3 is 10.0 Å². The van der Waals surface area contributed by atoms with Gasteiger partial charge in [-0.2, -0.15) is 0 Å². The molecule has 1 unspecified atom stereocenters. The molecule has 18 heavy (non-hydrogen) atoms. The zero-order valence-corrected chi connectivity index (χ0v) is 11.6. The lowest BCUT2D eigenvalue weighted by atomic mass is 10.1. The minimum atomic E-state index is -1.01. The van der Waals surface area contributed by atoms with Gasteiger partial charge in [-0.1, -0.05) is 15.9 Å². The predicted molar refractivity (Wildman–Crippen MR) is 72.0 cm³/mol. The van der Waals surface area contributed by atoms with Crippen LogP contribution in [0.3, 0.4) is 0 Å². The Morgan fingerprint density at radius 3 is 2.72 bits per heavy atom. The highest BCUT2D eigenvalue weighted by molar-refractivity contribution is 9.10. The molecular weight excluding hydrogens is 300 g/mol. The van der Waals surface area contributed by atoms with Crippen LogP contribution in [0, 0.1) is 0 Å². The topological polar surface area (TPSA) is 60.9 Å². The summed E-state index contributed by atoms with van der Waals surface area (Å²) >= 11 is 3.37. The van der Waals surface area contributed by atoms with Gasteiger partial charge in [-0.25, -0.2) is 4.79 Å². The van der Waals surface area contributed by atoms with Crippen LogP contribution in [-0.4, -0.2) is 36.6 Å². The maximum Gasteiger partial charge on any atom is 0.326 e. The Bertz CT molecular complexity index is 518. The Morgan fingerprint density at radius 1 is 1.44 bits per heavy atom. The molecule has 1 aliphatic heterocycles. The van der Waals surface area contributed by atoms with Crippen molar-refractivity contribution in [1.82, 2.24) is 0 Å². The van der Waals surface area contributed by atoms with Crippen LogP contribution in [0.15, 0.2) is 22.7 Å². The first kappa shape index (κ1) is 12.9. The lowest BCUT2D eigenvalue weighted by Gasteiger charge is -2.37. The molecule has 0 fully saturated rings. The number of nitrogens with zero attached hydrogens (tertiary/aromatic N) is 2. The van der Waals surface area contributed by atoms with Gasteiger partial charge in [0.15, 0.2) is 0 Å². The Morgan fingerprint density at radius 2 is 2.11 bits per heavy atom. The lowest BCUT2D eigenvalue weighted by molar-refractivity contribution is -0.139. The Balaban J connectivity index is 2.53. The smallest absolute Gasteiger partial charge is 0.326 e. The third-order valence-electron chi connectivity index (χ3n) is 2.99. The third kappa shape index (κ3) is 2.08. The Hall–Kier alpha value is -1.56. The summed E-state index contributed by atoms with van der Waals surface area (Å²) in [6, 6.07) is 4.56. The monoisotopic (exact) mass is 312 g/mol. The maximum atomic E-state index is 12.0. The molecule has 5 nitrogen and oxygen atoms in total. The van der Waals surface area contributed by atoms with Crippen LogP contribution >= 0.6 is 15.9 Å². The highest BCUT2D eigenvalue weighted by atomic mass is 79.9. The Labute approximate surface area is 113 Å². The number of hydrogen-bond donors (Lipinski definition) is 1. The maximum absolute atomic E-state index is 12.0. The van der Waals surface area contributed by atoms with E-state index in [-0.39, 0.29) is 12.5 Å². The average molecular weight is 313 g/mol. The number of likely N-dealkylation sites (N-methyl/N-ethyl adjacent to an activating group) is 1. The van der Waals surface area contributed by atoms with Gasteiger partial charge in [0, 0.05) is 11.5 Å². The number of rotatable bonds is 2. The predicted octanol–water partition coefficient (Wildman–Crippen LogP) is 1.70. The van der Waals surface area contributed by atoms with Crippen molar-refractivity contribution in [2.24, 2.45) is 0 Å². The number of aliphatic carboxylic acids is 1. The van der Waals surface area contributed by atoms with E-state index in [2.05, 4.69) is 15.9 Å². The normalized spacial score (nSPS) is 16.5. The summed E-state index contributed by atoms with van der Waals surface area (Å²) in [6.45, 7) is 1.69. The summed E-state index contributed by atoms with van der Waals surface area (Å²) in [5, 5.41) is 9.08. The molecule has 1 aliphatic rings. The number of halogens is 1. The molecule has 96 valence electrons. The molecule has 1 aromatic carbocycles. The van der Waals surface area contributed by atoms with Crippen LogP contribution in [-0.2, 0) is 9.59 Å². The van der Waals surface area contributed by atoms with Gasteiger partial charge in [-0.05, 0) is 25.1 Å². The standard InChI is InChI=1S/C12H13BrN2O3/c1-7(12(17)18)15-9-4-3-8(13)5-10(9)14(2)6-11(15)16/h3-5,7H,6H2,1-2H3,(H,17,18). The van der Waals surface area contributed by atoms with E-state index in [1.54, 1.807) is 12.1 Å². The van der Waals surface area contributed by atoms with E-state index in [0.29, 0.717) is 5.69 Å². The van der Waals surface area contributed by atoms with Gasteiger partial charge in [0.05, 0.1) is 17.9 Å². The third-order valence-corrected chi connectivity index (χ3v) is 3.49. The fraction of sp³-hybridized carbons (Fsp3) is 0.333. The largest absolute Gasteiger partial charge is 0.480 e. The van der Waals surface area contributed by atoms with Gasteiger partial charge in [-0.15, -0.1) is 0 Å². The zero-order chi connectivity index (χ0) is 13.4. The highest BCUT2D eigenvalue weighted by Gasteiger charge is 2.33. The number of amides is 1. The van der Waals surface area contributed by atoms with E-state index in [4.69, 9.17) is 5.11 Å². The summed E-state index contributed by atoms with van der Waals surface area (Å²) in [5.41, 5.74) is 1.48. The summed E-state index contributed by atoms with van der Waals surface area (Å²) < 4.78 is 0.894. The second kappa shape index (κ2) is 4.61. The molecule has 2 rings (SSSR count). The first-order valence-electron chi connectivity index (χ1n) is 5.47. The second-order valence-electron chi connectivity index (χ2n) is 4.27. The van der Waals surface area contributed by atoms with E-state index in [1.807, 2.05) is 18.0 Å². The minimum Gasteiger partial charge on any atom is -0.480 e. The summed E-state index contributed by atoms with van der Waals surface area (Å²) in [7, 11) is 1.81. The molecule has 0 spiro atoms. The van der Waals surface area contributed by atoms with Gasteiger partial charge in [0.2, 0.25) is 5.91 Å². The van der Waals surface area contributed by atoms with Crippen molar-refractivity contribution >= 4 is 39.2 Å². The number of anilines is 2. The van der Waals surface area contributed by atoms with Crippen LogP contribution in [0.25, 0.3) is 0 Å². The molecular formula is C12H13BrN2O3. The van der Waals surface area contributed by atoms with E-state index < -0.39 is 12.0 Å². The van der Waals surface area contributed by atoms with Crippen molar-refractivity contribution in [3.8, 4) is 0 Å². The number of hydrogen-bond acceptors (Lipinski definition) is 3. The fourth-order valence-corrected chi connectivity index (χ4v) is 2.39. The van der Waals surface area contributed by atoms with Gasteiger partial charge in [-0.3, -0.25) is 9.69 Å². The van der Waals surface area contributed by atoms with E-state index >= 15 is 0 Å². The number of fused-ring (bicyclic) bond motifs is 1. The van der Waals surface area contributed by atoms with Crippen LogP contribution in [0.2, 0.25) is 0 Å². The van der Waals surface area contributed by atoms with Gasteiger partial charge in [0.1, 0.15) is 6.04 Å². The first-order chi connectivity index (χ1) is 8.41. The molecule has 0 saturated carbocycles. The number of carbonyl (C=O) groups excluding carboxylic acids is 1. The fourth-order valence-electron chi connectivity index (χ4n) is 2.04. The molecule has 6 heteroatoms.